The maximum absolute atomic E-state index is 11.3. The molecule has 0 bridgehead atoms. The molecule has 2 amide bonds. The Kier molecular flexibility index (Phi) is 4.44. The van der Waals surface area contributed by atoms with Crippen molar-refractivity contribution in [1.82, 2.24) is 20.8 Å². The van der Waals surface area contributed by atoms with Gasteiger partial charge in [0, 0.05) is 20.0 Å². The number of hydrogen-bond donors (Lipinski definition) is 2. The first-order valence-electron chi connectivity index (χ1n) is 4.11. The molecule has 1 aromatic heterocycles. The summed E-state index contributed by atoms with van der Waals surface area (Å²) in [6.07, 6.45) is 0.231. The molecule has 1 rings (SSSR count). The van der Waals surface area contributed by atoms with Crippen LogP contribution in [0.25, 0.3) is 0 Å². The van der Waals surface area contributed by atoms with E-state index in [9.17, 15) is 9.59 Å². The van der Waals surface area contributed by atoms with Gasteiger partial charge in [0.1, 0.15) is 0 Å². The number of nitrogens with zero attached hydrogens (tertiary/aromatic N) is 2. The van der Waals surface area contributed by atoms with E-state index in [0.29, 0.717) is 0 Å². The van der Waals surface area contributed by atoms with Gasteiger partial charge in [0.15, 0.2) is 0 Å². The van der Waals surface area contributed by atoms with Crippen LogP contribution in [0.15, 0.2) is 0 Å². The van der Waals surface area contributed by atoms with Crippen LogP contribution in [0, 0.1) is 0 Å². The van der Waals surface area contributed by atoms with Crippen LogP contribution in [0.2, 0.25) is 4.47 Å². The molecule has 82 valence electrons. The lowest BCUT2D eigenvalue weighted by molar-refractivity contribution is -0.120. The monoisotopic (exact) mass is 248 g/mol. The molecule has 1 aromatic rings. The second kappa shape index (κ2) is 5.62. The Morgan fingerprint density at radius 3 is 2.73 bits per heavy atom. The first kappa shape index (κ1) is 11.9. The predicted molar refractivity (Wildman–Crippen MR) is 55.9 cm³/mol. The summed E-state index contributed by atoms with van der Waals surface area (Å²) in [6.45, 7) is 0.260. The van der Waals surface area contributed by atoms with Gasteiger partial charge in [-0.05, 0) is 11.6 Å². The number of carbonyl (C=O) groups excluding carboxylic acids is 2. The largest absolute Gasteiger partial charge is 0.359 e. The molecule has 0 aliphatic heterocycles. The van der Waals surface area contributed by atoms with E-state index >= 15 is 0 Å². The van der Waals surface area contributed by atoms with E-state index in [0.717, 1.165) is 11.3 Å². The average Bonchev–Trinajstić information content (AvgIpc) is 2.64. The molecule has 0 radical (unpaired) electrons. The molecule has 0 spiro atoms. The van der Waals surface area contributed by atoms with Gasteiger partial charge in [0.25, 0.3) is 5.91 Å². The number of aromatic nitrogens is 2. The zero-order valence-electron chi connectivity index (χ0n) is 7.91. The Morgan fingerprint density at radius 1 is 1.47 bits per heavy atom. The summed E-state index contributed by atoms with van der Waals surface area (Å²) in [7, 11) is 1.54. The Balaban J connectivity index is 2.34. The zero-order valence-corrected chi connectivity index (χ0v) is 9.48. The minimum absolute atomic E-state index is 0.134. The highest BCUT2D eigenvalue weighted by Crippen LogP contribution is 2.14. The van der Waals surface area contributed by atoms with Crippen molar-refractivity contribution in [1.29, 1.82) is 0 Å². The predicted octanol–water partition coefficient (Wildman–Crippen LogP) is 0.0574. The summed E-state index contributed by atoms with van der Waals surface area (Å²) in [5.41, 5.74) is 0. The second-order valence-corrected chi connectivity index (χ2v) is 4.10. The van der Waals surface area contributed by atoms with Crippen molar-refractivity contribution >= 4 is 34.8 Å². The Morgan fingerprint density at radius 2 is 2.20 bits per heavy atom. The number of nitrogens with one attached hydrogen (secondary N) is 2. The van der Waals surface area contributed by atoms with Crippen LogP contribution in [-0.2, 0) is 4.79 Å². The molecular weight excluding hydrogens is 240 g/mol. The summed E-state index contributed by atoms with van der Waals surface area (Å²) in [5, 5.41) is 12.2. The van der Waals surface area contributed by atoms with Crippen molar-refractivity contribution in [2.75, 3.05) is 13.6 Å². The third-order valence-corrected chi connectivity index (χ3v) is 2.53. The standard InChI is InChI=1S/C7H9ClN4O2S/c1-9-4(13)2-3-10-5(14)6-11-12-7(8)15-6/h2-3H2,1H3,(H,9,13)(H,10,14). The number of halogens is 1. The van der Waals surface area contributed by atoms with E-state index in [1.54, 1.807) is 0 Å². The van der Waals surface area contributed by atoms with E-state index in [2.05, 4.69) is 20.8 Å². The van der Waals surface area contributed by atoms with E-state index in [1.807, 2.05) is 0 Å². The highest BCUT2D eigenvalue weighted by Gasteiger charge is 2.11. The first-order valence-corrected chi connectivity index (χ1v) is 5.30. The fourth-order valence-electron chi connectivity index (χ4n) is 0.787. The van der Waals surface area contributed by atoms with Crippen LogP contribution in [0.3, 0.4) is 0 Å². The molecule has 2 N–H and O–H groups in total. The minimum Gasteiger partial charge on any atom is -0.359 e. The minimum atomic E-state index is -0.372. The Labute approximate surface area is 95.0 Å². The molecule has 0 aliphatic rings. The zero-order chi connectivity index (χ0) is 11.3. The van der Waals surface area contributed by atoms with Crippen LogP contribution >= 0.6 is 22.9 Å². The summed E-state index contributed by atoms with van der Waals surface area (Å²) >= 11 is 6.50. The van der Waals surface area contributed by atoms with Gasteiger partial charge < -0.3 is 10.6 Å². The van der Waals surface area contributed by atoms with E-state index < -0.39 is 0 Å². The molecule has 0 fully saturated rings. The normalized spacial score (nSPS) is 9.73. The number of hydrogen-bond acceptors (Lipinski definition) is 5. The number of carbonyl (C=O) groups is 2. The first-order chi connectivity index (χ1) is 7.13. The fraction of sp³-hybridized carbons (Fsp3) is 0.429. The van der Waals surface area contributed by atoms with Gasteiger partial charge in [0.05, 0.1) is 0 Å². The van der Waals surface area contributed by atoms with Gasteiger partial charge in [-0.3, -0.25) is 9.59 Å². The van der Waals surface area contributed by atoms with Gasteiger partial charge in [-0.1, -0.05) is 11.3 Å². The van der Waals surface area contributed by atoms with Crippen LogP contribution < -0.4 is 10.6 Å². The molecule has 0 saturated carbocycles. The maximum Gasteiger partial charge on any atom is 0.282 e. The third kappa shape index (κ3) is 3.80. The highest BCUT2D eigenvalue weighted by molar-refractivity contribution is 7.17. The van der Waals surface area contributed by atoms with E-state index in [1.165, 1.54) is 7.05 Å². The molecule has 0 saturated heterocycles. The average molecular weight is 249 g/mol. The molecular formula is C7H9ClN4O2S. The number of amides is 2. The summed E-state index contributed by atoms with van der Waals surface area (Å²) < 4.78 is 0.214. The molecule has 0 aromatic carbocycles. The van der Waals surface area contributed by atoms with Gasteiger partial charge in [-0.15, -0.1) is 10.2 Å². The molecule has 8 heteroatoms. The SMILES string of the molecule is CNC(=O)CCNC(=O)c1nnc(Cl)s1. The lowest BCUT2D eigenvalue weighted by atomic mass is 10.4. The molecule has 6 nitrogen and oxygen atoms in total. The van der Waals surface area contributed by atoms with Crippen molar-refractivity contribution in [2.24, 2.45) is 0 Å². The molecule has 0 unspecified atom stereocenters. The highest BCUT2D eigenvalue weighted by atomic mass is 35.5. The van der Waals surface area contributed by atoms with Crippen molar-refractivity contribution in [3.05, 3.63) is 9.47 Å². The topological polar surface area (TPSA) is 84.0 Å². The summed E-state index contributed by atoms with van der Waals surface area (Å²) in [5.74, 6) is -0.506. The van der Waals surface area contributed by atoms with Crippen LogP contribution in [0.1, 0.15) is 16.2 Å². The van der Waals surface area contributed by atoms with Gasteiger partial charge >= 0.3 is 0 Å². The molecule has 0 atom stereocenters. The fourth-order valence-corrected chi connectivity index (χ4v) is 1.53. The summed E-state index contributed by atoms with van der Waals surface area (Å²) in [6, 6.07) is 0. The lowest BCUT2D eigenvalue weighted by Gasteiger charge is -2.01. The van der Waals surface area contributed by atoms with Crippen LogP contribution in [0.4, 0.5) is 0 Å². The van der Waals surface area contributed by atoms with Crippen molar-refractivity contribution in [3.8, 4) is 0 Å². The quantitative estimate of drug-likeness (QED) is 0.789. The van der Waals surface area contributed by atoms with Crippen LogP contribution in [-0.4, -0.2) is 35.6 Å². The second-order valence-electron chi connectivity index (χ2n) is 2.54. The lowest BCUT2D eigenvalue weighted by Crippen LogP contribution is -2.29. The van der Waals surface area contributed by atoms with Gasteiger partial charge in [-0.2, -0.15) is 0 Å². The van der Waals surface area contributed by atoms with Gasteiger partial charge in [0.2, 0.25) is 15.4 Å². The maximum atomic E-state index is 11.3. The third-order valence-electron chi connectivity index (χ3n) is 1.51. The van der Waals surface area contributed by atoms with Crippen molar-refractivity contribution in [2.45, 2.75) is 6.42 Å². The van der Waals surface area contributed by atoms with E-state index in [4.69, 9.17) is 11.6 Å². The van der Waals surface area contributed by atoms with Gasteiger partial charge in [-0.25, -0.2) is 0 Å². The van der Waals surface area contributed by atoms with E-state index in [-0.39, 0.29) is 34.3 Å². The number of rotatable bonds is 4. The van der Waals surface area contributed by atoms with Crippen LogP contribution in [0.5, 0.6) is 0 Å². The Hall–Kier alpha value is -1.21. The Bertz CT molecular complexity index is 368. The molecule has 1 heterocycles. The van der Waals surface area contributed by atoms with Crippen molar-refractivity contribution in [3.63, 3.8) is 0 Å². The van der Waals surface area contributed by atoms with Crippen molar-refractivity contribution < 1.29 is 9.59 Å². The smallest absolute Gasteiger partial charge is 0.282 e. The molecule has 15 heavy (non-hydrogen) atoms. The molecule has 0 aliphatic carbocycles. The summed E-state index contributed by atoms with van der Waals surface area (Å²) in [4.78, 5) is 22.2.